The third kappa shape index (κ3) is 4.02. The first kappa shape index (κ1) is 17.7. The van der Waals surface area contributed by atoms with Crippen LogP contribution in [-0.2, 0) is 4.79 Å². The molecule has 1 fully saturated rings. The molecule has 6 nitrogen and oxygen atoms in total. The molecule has 1 atom stereocenters. The van der Waals surface area contributed by atoms with Crippen molar-refractivity contribution in [1.29, 1.82) is 0 Å². The van der Waals surface area contributed by atoms with E-state index in [9.17, 15) is 15.0 Å². The number of benzene rings is 1. The zero-order chi connectivity index (χ0) is 17.1. The van der Waals surface area contributed by atoms with Gasteiger partial charge < -0.3 is 25.6 Å². The van der Waals surface area contributed by atoms with E-state index in [0.717, 1.165) is 0 Å². The van der Waals surface area contributed by atoms with Gasteiger partial charge in [0, 0.05) is 5.69 Å². The molecular weight excluding hydrogens is 296 g/mol. The second kappa shape index (κ2) is 6.86. The first-order valence-corrected chi connectivity index (χ1v) is 7.98. The maximum atomic E-state index is 12.4. The molecule has 1 amide bonds. The number of anilines is 1. The maximum absolute atomic E-state index is 12.4. The summed E-state index contributed by atoms with van der Waals surface area (Å²) in [5, 5.41) is 27.0. The second-order valence-corrected chi connectivity index (χ2v) is 6.50. The van der Waals surface area contributed by atoms with E-state index >= 15 is 0 Å². The van der Waals surface area contributed by atoms with E-state index in [2.05, 4.69) is 10.6 Å². The van der Waals surface area contributed by atoms with Crippen molar-refractivity contribution in [3.05, 3.63) is 24.3 Å². The molecule has 1 aliphatic heterocycles. The highest BCUT2D eigenvalue weighted by Gasteiger charge is 2.51. The second-order valence-electron chi connectivity index (χ2n) is 6.50. The molecule has 0 radical (unpaired) electrons. The van der Waals surface area contributed by atoms with Crippen LogP contribution in [-0.4, -0.2) is 46.5 Å². The van der Waals surface area contributed by atoms with Crippen molar-refractivity contribution in [2.75, 3.05) is 18.4 Å². The minimum atomic E-state index is -1.86. The SMILES string of the molecule is CC(C)Oc1ccc(NC(=O)C(C)(O)C2(O)CCNCC2)cc1. The average molecular weight is 322 g/mol. The predicted molar refractivity (Wildman–Crippen MR) is 88.5 cm³/mol. The van der Waals surface area contributed by atoms with Crippen molar-refractivity contribution >= 4 is 11.6 Å². The predicted octanol–water partition coefficient (Wildman–Crippen LogP) is 1.28. The molecule has 0 aromatic heterocycles. The van der Waals surface area contributed by atoms with E-state index < -0.39 is 17.1 Å². The van der Waals surface area contributed by atoms with Crippen LogP contribution >= 0.6 is 0 Å². The monoisotopic (exact) mass is 322 g/mol. The third-order valence-electron chi connectivity index (χ3n) is 4.26. The number of carbonyl (C=O) groups excluding carboxylic acids is 1. The molecule has 1 aliphatic rings. The fraction of sp³-hybridized carbons (Fsp3) is 0.588. The lowest BCUT2D eigenvalue weighted by Gasteiger charge is -2.42. The van der Waals surface area contributed by atoms with Gasteiger partial charge in [0.1, 0.15) is 11.4 Å². The molecule has 1 heterocycles. The highest BCUT2D eigenvalue weighted by atomic mass is 16.5. The number of ether oxygens (including phenoxy) is 1. The Bertz CT molecular complexity index is 534. The summed E-state index contributed by atoms with van der Waals surface area (Å²) in [6.07, 6.45) is 0.730. The van der Waals surface area contributed by atoms with Crippen LogP contribution in [0.1, 0.15) is 33.6 Å². The molecule has 23 heavy (non-hydrogen) atoms. The smallest absolute Gasteiger partial charge is 0.259 e. The quantitative estimate of drug-likeness (QED) is 0.655. The van der Waals surface area contributed by atoms with Crippen LogP contribution in [0.15, 0.2) is 24.3 Å². The highest BCUT2D eigenvalue weighted by Crippen LogP contribution is 2.32. The molecule has 2 rings (SSSR count). The Morgan fingerprint density at radius 2 is 1.87 bits per heavy atom. The van der Waals surface area contributed by atoms with Crippen LogP contribution in [0.4, 0.5) is 5.69 Å². The van der Waals surface area contributed by atoms with E-state index in [1.165, 1.54) is 6.92 Å². The number of nitrogens with one attached hydrogen (secondary N) is 2. The Morgan fingerprint density at radius 1 is 1.30 bits per heavy atom. The van der Waals surface area contributed by atoms with Gasteiger partial charge in [-0.2, -0.15) is 0 Å². The average Bonchev–Trinajstić information content (AvgIpc) is 2.49. The molecule has 4 N–H and O–H groups in total. The summed E-state index contributed by atoms with van der Waals surface area (Å²) >= 11 is 0. The van der Waals surface area contributed by atoms with Crippen LogP contribution in [0.2, 0.25) is 0 Å². The number of hydrogen-bond acceptors (Lipinski definition) is 5. The van der Waals surface area contributed by atoms with Gasteiger partial charge >= 0.3 is 0 Å². The van der Waals surface area contributed by atoms with Crippen LogP contribution < -0.4 is 15.4 Å². The summed E-state index contributed by atoms with van der Waals surface area (Å²) < 4.78 is 5.54. The standard InChI is InChI=1S/C17H26N2O4/c1-12(2)23-14-6-4-13(5-7-14)19-15(20)16(3,21)17(22)8-10-18-11-9-17/h4-7,12,18,21-22H,8-11H2,1-3H3,(H,19,20). The molecule has 6 heteroatoms. The number of piperidine rings is 1. The van der Waals surface area contributed by atoms with Crippen LogP contribution in [0.5, 0.6) is 5.75 Å². The van der Waals surface area contributed by atoms with Crippen molar-refractivity contribution in [3.8, 4) is 5.75 Å². The molecular formula is C17H26N2O4. The first-order chi connectivity index (χ1) is 10.7. The lowest BCUT2D eigenvalue weighted by atomic mass is 9.77. The van der Waals surface area contributed by atoms with Gasteiger partial charge in [0.2, 0.25) is 0 Å². The van der Waals surface area contributed by atoms with Gasteiger partial charge in [0.15, 0.2) is 5.60 Å². The molecule has 1 aromatic carbocycles. The van der Waals surface area contributed by atoms with Gasteiger partial charge in [0.25, 0.3) is 5.91 Å². The molecule has 0 bridgehead atoms. The Labute approximate surface area is 136 Å². The van der Waals surface area contributed by atoms with Gasteiger partial charge in [0.05, 0.1) is 6.10 Å². The Balaban J connectivity index is 2.05. The summed E-state index contributed by atoms with van der Waals surface area (Å²) in [5.41, 5.74) is -2.74. The molecule has 1 unspecified atom stereocenters. The fourth-order valence-corrected chi connectivity index (χ4v) is 2.68. The van der Waals surface area contributed by atoms with E-state index in [4.69, 9.17) is 4.74 Å². The number of aliphatic hydroxyl groups is 2. The molecule has 128 valence electrons. The molecule has 1 saturated heterocycles. The number of amides is 1. The molecule has 1 aromatic rings. The van der Waals surface area contributed by atoms with Gasteiger partial charge in [-0.15, -0.1) is 0 Å². The van der Waals surface area contributed by atoms with Crippen LogP contribution in [0, 0.1) is 0 Å². The van der Waals surface area contributed by atoms with Crippen molar-refractivity contribution < 1.29 is 19.7 Å². The minimum absolute atomic E-state index is 0.0744. The lowest BCUT2D eigenvalue weighted by molar-refractivity contribution is -0.172. The van der Waals surface area contributed by atoms with Crippen molar-refractivity contribution in [2.45, 2.75) is 50.9 Å². The first-order valence-electron chi connectivity index (χ1n) is 7.98. The zero-order valence-corrected chi connectivity index (χ0v) is 13.9. The molecule has 0 spiro atoms. The lowest BCUT2D eigenvalue weighted by Crippen LogP contribution is -2.62. The zero-order valence-electron chi connectivity index (χ0n) is 13.9. The maximum Gasteiger partial charge on any atom is 0.259 e. The Morgan fingerprint density at radius 3 is 2.39 bits per heavy atom. The van der Waals surface area contributed by atoms with E-state index in [-0.39, 0.29) is 6.10 Å². The Kier molecular flexibility index (Phi) is 5.29. The minimum Gasteiger partial charge on any atom is -0.491 e. The van der Waals surface area contributed by atoms with Crippen molar-refractivity contribution in [2.24, 2.45) is 0 Å². The van der Waals surface area contributed by atoms with Crippen molar-refractivity contribution in [3.63, 3.8) is 0 Å². The number of hydrogen-bond donors (Lipinski definition) is 4. The summed E-state index contributed by atoms with van der Waals surface area (Å²) in [7, 11) is 0. The Hall–Kier alpha value is -1.63. The van der Waals surface area contributed by atoms with Gasteiger partial charge in [-0.3, -0.25) is 4.79 Å². The van der Waals surface area contributed by atoms with E-state index in [1.54, 1.807) is 24.3 Å². The molecule has 0 saturated carbocycles. The van der Waals surface area contributed by atoms with E-state index in [0.29, 0.717) is 37.4 Å². The summed E-state index contributed by atoms with van der Waals surface area (Å²) in [4.78, 5) is 12.4. The van der Waals surface area contributed by atoms with Gasteiger partial charge in [-0.25, -0.2) is 0 Å². The topological polar surface area (TPSA) is 90.8 Å². The number of carbonyl (C=O) groups is 1. The summed E-state index contributed by atoms with van der Waals surface area (Å²) in [5.74, 6) is 0.0983. The number of rotatable bonds is 5. The largest absolute Gasteiger partial charge is 0.491 e. The van der Waals surface area contributed by atoms with Crippen LogP contribution in [0.25, 0.3) is 0 Å². The third-order valence-corrected chi connectivity index (χ3v) is 4.26. The fourth-order valence-electron chi connectivity index (χ4n) is 2.68. The van der Waals surface area contributed by atoms with Crippen molar-refractivity contribution in [1.82, 2.24) is 5.32 Å². The molecule has 0 aliphatic carbocycles. The van der Waals surface area contributed by atoms with Gasteiger partial charge in [-0.05, 0) is 71.0 Å². The van der Waals surface area contributed by atoms with E-state index in [1.807, 2.05) is 13.8 Å². The van der Waals surface area contributed by atoms with Gasteiger partial charge in [-0.1, -0.05) is 0 Å². The van der Waals surface area contributed by atoms with Crippen LogP contribution in [0.3, 0.4) is 0 Å². The highest BCUT2D eigenvalue weighted by molar-refractivity contribution is 5.97. The summed E-state index contributed by atoms with van der Waals surface area (Å²) in [6.45, 7) is 6.38. The summed E-state index contributed by atoms with van der Waals surface area (Å²) in [6, 6.07) is 6.92. The normalized spacial score (nSPS) is 19.9.